The van der Waals surface area contributed by atoms with Crippen molar-refractivity contribution >= 4 is 34.3 Å². The van der Waals surface area contributed by atoms with Crippen LogP contribution in [0.15, 0.2) is 64.3 Å². The summed E-state index contributed by atoms with van der Waals surface area (Å²) >= 11 is 6.06. The molecule has 0 aliphatic carbocycles. The first kappa shape index (κ1) is 22.9. The van der Waals surface area contributed by atoms with Crippen molar-refractivity contribution in [3.05, 3.63) is 76.2 Å². The van der Waals surface area contributed by atoms with Gasteiger partial charge < -0.3 is 24.1 Å². The predicted molar refractivity (Wildman–Crippen MR) is 126 cm³/mol. The molecule has 0 saturated carbocycles. The van der Waals surface area contributed by atoms with E-state index in [1.165, 1.54) is 4.90 Å². The second-order valence-corrected chi connectivity index (χ2v) is 8.53. The minimum atomic E-state index is -0.776. The van der Waals surface area contributed by atoms with Crippen LogP contribution in [0.4, 0.5) is 0 Å². The fourth-order valence-corrected chi connectivity index (χ4v) is 4.15. The highest BCUT2D eigenvalue weighted by molar-refractivity contribution is 6.31. The summed E-state index contributed by atoms with van der Waals surface area (Å²) in [5.41, 5.74) is 1.14. The van der Waals surface area contributed by atoms with E-state index in [2.05, 4.69) is 0 Å². The third-order valence-electron chi connectivity index (χ3n) is 5.52. The lowest BCUT2D eigenvalue weighted by Crippen LogP contribution is -2.36. The Bertz CT molecular complexity index is 1250. The number of ketones is 1. The van der Waals surface area contributed by atoms with Gasteiger partial charge in [-0.15, -0.1) is 0 Å². The number of rotatable bonds is 8. The molecule has 1 amide bonds. The Hall–Kier alpha value is -3.29. The average Bonchev–Trinajstić information content (AvgIpc) is 3.31. The number of hydrogen-bond donors (Lipinski definition) is 1. The lowest BCUT2D eigenvalue weighted by molar-refractivity contribution is -0.129. The number of fused-ring (bicyclic) bond motifs is 1. The summed E-state index contributed by atoms with van der Waals surface area (Å²) in [6, 6.07) is 13.0. The van der Waals surface area contributed by atoms with Crippen molar-refractivity contribution in [2.45, 2.75) is 13.0 Å². The molecular formula is C25H25ClN2O5. The number of furan rings is 1. The number of benzene rings is 2. The van der Waals surface area contributed by atoms with Crippen LogP contribution in [-0.2, 0) is 4.79 Å². The molecule has 0 radical (unpaired) electrons. The van der Waals surface area contributed by atoms with E-state index in [0.29, 0.717) is 47.0 Å². The van der Waals surface area contributed by atoms with Gasteiger partial charge in [0.25, 0.3) is 5.91 Å². The third kappa shape index (κ3) is 4.47. The first-order valence-electron chi connectivity index (χ1n) is 10.7. The molecule has 0 saturated heterocycles. The lowest BCUT2D eigenvalue weighted by Gasteiger charge is -2.28. The van der Waals surface area contributed by atoms with Crippen LogP contribution < -0.4 is 4.74 Å². The zero-order chi connectivity index (χ0) is 23.7. The van der Waals surface area contributed by atoms with E-state index in [-0.39, 0.29) is 11.3 Å². The standard InChI is InChI=1S/C25H25ClN2O5/c1-4-32-18-7-5-6-15(13-18)22-21(24(30)25(31)28(22)11-10-27(2)3)23(29)20-14-16-12-17(26)8-9-19(16)33-20/h5-9,12-14,22,30H,4,10-11H2,1-3H3. The van der Waals surface area contributed by atoms with Gasteiger partial charge in [0.05, 0.1) is 18.2 Å². The highest BCUT2D eigenvalue weighted by atomic mass is 35.5. The molecular weight excluding hydrogens is 444 g/mol. The fourth-order valence-electron chi connectivity index (χ4n) is 3.97. The topological polar surface area (TPSA) is 83.2 Å². The number of carbonyl (C=O) groups excluding carboxylic acids is 2. The molecule has 1 aromatic heterocycles. The molecule has 7 nitrogen and oxygen atoms in total. The number of hydrogen-bond acceptors (Lipinski definition) is 6. The Kier molecular flexibility index (Phi) is 6.44. The van der Waals surface area contributed by atoms with E-state index in [0.717, 1.165) is 0 Å². The van der Waals surface area contributed by atoms with E-state index < -0.39 is 23.5 Å². The molecule has 1 N–H and O–H groups in total. The van der Waals surface area contributed by atoms with Gasteiger partial charge in [-0.2, -0.15) is 0 Å². The molecule has 33 heavy (non-hydrogen) atoms. The van der Waals surface area contributed by atoms with Gasteiger partial charge in [-0.05, 0) is 63.0 Å². The minimum absolute atomic E-state index is 0.0162. The van der Waals surface area contributed by atoms with Crippen LogP contribution in [0.1, 0.15) is 29.1 Å². The van der Waals surface area contributed by atoms with Gasteiger partial charge in [0.15, 0.2) is 11.5 Å². The number of amides is 1. The minimum Gasteiger partial charge on any atom is -0.503 e. The Morgan fingerprint density at radius 2 is 2.00 bits per heavy atom. The molecule has 1 unspecified atom stereocenters. The summed E-state index contributed by atoms with van der Waals surface area (Å²) in [6.07, 6.45) is 0. The number of carbonyl (C=O) groups is 2. The van der Waals surface area contributed by atoms with E-state index in [1.54, 1.807) is 36.4 Å². The van der Waals surface area contributed by atoms with Crippen LogP contribution in [-0.4, -0.2) is 60.4 Å². The smallest absolute Gasteiger partial charge is 0.290 e. The third-order valence-corrected chi connectivity index (χ3v) is 5.76. The summed E-state index contributed by atoms with van der Waals surface area (Å²) < 4.78 is 11.4. The molecule has 4 rings (SSSR count). The molecule has 8 heteroatoms. The maximum Gasteiger partial charge on any atom is 0.290 e. The SMILES string of the molecule is CCOc1cccc(C2C(C(=O)c3cc4cc(Cl)ccc4o3)=C(O)C(=O)N2CCN(C)C)c1. The van der Waals surface area contributed by atoms with Crippen LogP contribution in [0.3, 0.4) is 0 Å². The van der Waals surface area contributed by atoms with E-state index in [9.17, 15) is 14.7 Å². The summed E-state index contributed by atoms with van der Waals surface area (Å²) in [6.45, 7) is 3.24. The zero-order valence-corrected chi connectivity index (χ0v) is 19.4. The zero-order valence-electron chi connectivity index (χ0n) is 18.7. The number of Topliss-reactive ketones (excluding diaryl/α,β-unsaturated/α-hetero) is 1. The van der Waals surface area contributed by atoms with Gasteiger partial charge >= 0.3 is 0 Å². The van der Waals surface area contributed by atoms with Gasteiger partial charge in [-0.25, -0.2) is 0 Å². The molecule has 0 bridgehead atoms. The molecule has 1 aliphatic rings. The van der Waals surface area contributed by atoms with Gasteiger partial charge in [0.2, 0.25) is 5.78 Å². The van der Waals surface area contributed by atoms with Gasteiger partial charge in [0, 0.05) is 23.5 Å². The van der Waals surface area contributed by atoms with Crippen LogP contribution in [0.2, 0.25) is 5.02 Å². The highest BCUT2D eigenvalue weighted by Gasteiger charge is 2.44. The molecule has 172 valence electrons. The first-order chi connectivity index (χ1) is 15.8. The molecule has 3 aromatic rings. The Balaban J connectivity index is 1.79. The van der Waals surface area contributed by atoms with Crippen molar-refractivity contribution in [2.75, 3.05) is 33.8 Å². The lowest BCUT2D eigenvalue weighted by atomic mass is 9.95. The second kappa shape index (κ2) is 9.29. The van der Waals surface area contributed by atoms with Gasteiger partial charge in [0.1, 0.15) is 11.3 Å². The van der Waals surface area contributed by atoms with Crippen LogP contribution in [0.25, 0.3) is 11.0 Å². The molecule has 1 aliphatic heterocycles. The average molecular weight is 469 g/mol. The molecule has 0 spiro atoms. The van der Waals surface area contributed by atoms with Crippen molar-refractivity contribution in [1.29, 1.82) is 0 Å². The summed E-state index contributed by atoms with van der Waals surface area (Å²) in [7, 11) is 3.79. The first-order valence-corrected chi connectivity index (χ1v) is 11.0. The Labute approximate surface area is 196 Å². The summed E-state index contributed by atoms with van der Waals surface area (Å²) in [4.78, 5) is 30.1. The molecule has 2 heterocycles. The van der Waals surface area contributed by atoms with Crippen LogP contribution >= 0.6 is 11.6 Å². The van der Waals surface area contributed by atoms with Crippen molar-refractivity contribution in [2.24, 2.45) is 0 Å². The predicted octanol–water partition coefficient (Wildman–Crippen LogP) is 4.62. The van der Waals surface area contributed by atoms with Crippen molar-refractivity contribution in [3.8, 4) is 5.75 Å². The second-order valence-electron chi connectivity index (χ2n) is 8.09. The van der Waals surface area contributed by atoms with E-state index >= 15 is 0 Å². The van der Waals surface area contributed by atoms with Gasteiger partial charge in [-0.3, -0.25) is 9.59 Å². The van der Waals surface area contributed by atoms with E-state index in [4.69, 9.17) is 20.8 Å². The molecule has 1 atom stereocenters. The summed E-state index contributed by atoms with van der Waals surface area (Å²) in [5.74, 6) is -1.06. The normalized spacial score (nSPS) is 16.3. The highest BCUT2D eigenvalue weighted by Crippen LogP contribution is 2.40. The van der Waals surface area contributed by atoms with Crippen molar-refractivity contribution < 1.29 is 23.8 Å². The Morgan fingerprint density at radius 3 is 2.73 bits per heavy atom. The molecule has 0 fully saturated rings. The van der Waals surface area contributed by atoms with Crippen LogP contribution in [0.5, 0.6) is 5.75 Å². The van der Waals surface area contributed by atoms with Crippen molar-refractivity contribution in [3.63, 3.8) is 0 Å². The van der Waals surface area contributed by atoms with Gasteiger partial charge in [-0.1, -0.05) is 23.7 Å². The largest absolute Gasteiger partial charge is 0.503 e. The van der Waals surface area contributed by atoms with Crippen LogP contribution in [0, 0.1) is 0 Å². The fraction of sp³-hybridized carbons (Fsp3) is 0.280. The number of aliphatic hydroxyl groups excluding tert-OH is 1. The molecule has 2 aromatic carbocycles. The number of ether oxygens (including phenoxy) is 1. The van der Waals surface area contributed by atoms with E-state index in [1.807, 2.05) is 38.1 Å². The number of aliphatic hydroxyl groups is 1. The Morgan fingerprint density at radius 1 is 1.21 bits per heavy atom. The number of likely N-dealkylation sites (N-methyl/N-ethyl adjacent to an activating group) is 1. The maximum absolute atomic E-state index is 13.6. The monoisotopic (exact) mass is 468 g/mol. The number of nitrogens with zero attached hydrogens (tertiary/aromatic N) is 2. The quantitative estimate of drug-likeness (QED) is 0.485. The summed E-state index contributed by atoms with van der Waals surface area (Å²) in [5, 5.41) is 12.0. The maximum atomic E-state index is 13.6. The number of halogens is 1. The van der Waals surface area contributed by atoms with Crippen molar-refractivity contribution in [1.82, 2.24) is 9.80 Å².